The number of benzene rings is 1. The molecule has 1 atom stereocenters. The SMILES string of the molecule is Cc1ccc(-n2ncc(N3CCC[C@@H]3C(=O)O)c(Cl)c2=O)cc1Cl. The highest BCUT2D eigenvalue weighted by atomic mass is 35.5. The van der Waals surface area contributed by atoms with Gasteiger partial charge in [-0.05, 0) is 37.5 Å². The van der Waals surface area contributed by atoms with E-state index in [-0.39, 0.29) is 5.02 Å². The van der Waals surface area contributed by atoms with Crippen LogP contribution in [0.5, 0.6) is 0 Å². The number of hydrogen-bond donors (Lipinski definition) is 1. The van der Waals surface area contributed by atoms with E-state index >= 15 is 0 Å². The van der Waals surface area contributed by atoms with Crippen molar-refractivity contribution < 1.29 is 9.90 Å². The molecule has 0 radical (unpaired) electrons. The Balaban J connectivity index is 2.05. The zero-order valence-electron chi connectivity index (χ0n) is 12.9. The molecule has 1 saturated heterocycles. The summed E-state index contributed by atoms with van der Waals surface area (Å²) in [5, 5.41) is 13.9. The Labute approximate surface area is 148 Å². The molecule has 6 nitrogen and oxygen atoms in total. The van der Waals surface area contributed by atoms with Gasteiger partial charge >= 0.3 is 5.97 Å². The van der Waals surface area contributed by atoms with Gasteiger partial charge in [0.1, 0.15) is 11.1 Å². The molecule has 8 heteroatoms. The van der Waals surface area contributed by atoms with Crippen molar-refractivity contribution in [3.05, 3.63) is 50.4 Å². The van der Waals surface area contributed by atoms with Gasteiger partial charge < -0.3 is 10.0 Å². The lowest BCUT2D eigenvalue weighted by Crippen LogP contribution is -2.37. The first kappa shape index (κ1) is 16.8. The van der Waals surface area contributed by atoms with Gasteiger partial charge in [-0.1, -0.05) is 29.3 Å². The van der Waals surface area contributed by atoms with Gasteiger partial charge in [-0.15, -0.1) is 0 Å². The number of nitrogens with zero attached hydrogens (tertiary/aromatic N) is 3. The number of hydrogen-bond acceptors (Lipinski definition) is 4. The maximum absolute atomic E-state index is 12.6. The maximum Gasteiger partial charge on any atom is 0.326 e. The van der Waals surface area contributed by atoms with Crippen molar-refractivity contribution in [3.8, 4) is 5.69 Å². The van der Waals surface area contributed by atoms with Gasteiger partial charge in [-0.3, -0.25) is 4.79 Å². The molecule has 1 aromatic carbocycles. The van der Waals surface area contributed by atoms with Crippen molar-refractivity contribution in [2.45, 2.75) is 25.8 Å². The zero-order valence-corrected chi connectivity index (χ0v) is 14.4. The van der Waals surface area contributed by atoms with Crippen LogP contribution in [0.3, 0.4) is 0 Å². The van der Waals surface area contributed by atoms with Crippen molar-refractivity contribution in [1.29, 1.82) is 0 Å². The minimum Gasteiger partial charge on any atom is -0.480 e. The second-order valence-corrected chi connectivity index (χ2v) is 6.47. The Hall–Kier alpha value is -2.05. The van der Waals surface area contributed by atoms with Gasteiger partial charge in [0.05, 0.1) is 17.6 Å². The van der Waals surface area contributed by atoms with E-state index < -0.39 is 17.6 Å². The molecule has 2 heterocycles. The minimum absolute atomic E-state index is 0.0464. The Kier molecular flexibility index (Phi) is 4.51. The molecule has 1 fully saturated rings. The van der Waals surface area contributed by atoms with E-state index in [4.69, 9.17) is 23.2 Å². The second-order valence-electron chi connectivity index (χ2n) is 5.68. The predicted molar refractivity (Wildman–Crippen MR) is 92.6 cm³/mol. The molecule has 0 amide bonds. The highest BCUT2D eigenvalue weighted by molar-refractivity contribution is 6.33. The minimum atomic E-state index is -0.932. The average Bonchev–Trinajstić information content (AvgIpc) is 3.02. The van der Waals surface area contributed by atoms with Crippen molar-refractivity contribution >= 4 is 34.9 Å². The standard InChI is InChI=1S/C16H15Cl2N3O3/c1-9-4-5-10(7-11(9)17)21-15(22)14(18)13(8-19-21)20-6-2-3-12(20)16(23)24/h4-5,7-8,12H,2-3,6H2,1H3,(H,23,24)/t12-/m1/s1. The quantitative estimate of drug-likeness (QED) is 0.902. The average molecular weight is 368 g/mol. The number of carboxylic acids is 1. The Morgan fingerprint density at radius 3 is 2.79 bits per heavy atom. The summed E-state index contributed by atoms with van der Waals surface area (Å²) in [6.07, 6.45) is 2.67. The third kappa shape index (κ3) is 2.87. The summed E-state index contributed by atoms with van der Waals surface area (Å²) in [4.78, 5) is 25.5. The van der Waals surface area contributed by atoms with Crippen molar-refractivity contribution in [3.63, 3.8) is 0 Å². The molecule has 126 valence electrons. The molecular formula is C16H15Cl2N3O3. The van der Waals surface area contributed by atoms with E-state index in [1.54, 1.807) is 23.1 Å². The molecule has 0 spiro atoms. The maximum atomic E-state index is 12.6. The monoisotopic (exact) mass is 367 g/mol. The first-order valence-corrected chi connectivity index (χ1v) is 8.19. The molecule has 1 aliphatic rings. The number of halogens is 2. The van der Waals surface area contributed by atoms with Crippen LogP contribution in [0.4, 0.5) is 5.69 Å². The molecule has 1 N–H and O–H groups in total. The van der Waals surface area contributed by atoms with Crippen molar-refractivity contribution in [1.82, 2.24) is 9.78 Å². The number of anilines is 1. The van der Waals surface area contributed by atoms with Gasteiger partial charge in [-0.2, -0.15) is 9.78 Å². The van der Waals surface area contributed by atoms with Crippen LogP contribution in [0.15, 0.2) is 29.2 Å². The summed E-state index contributed by atoms with van der Waals surface area (Å²) in [6, 6.07) is 4.46. The lowest BCUT2D eigenvalue weighted by Gasteiger charge is -2.24. The van der Waals surface area contributed by atoms with Gasteiger partial charge in [-0.25, -0.2) is 4.79 Å². The fourth-order valence-electron chi connectivity index (χ4n) is 2.83. The highest BCUT2D eigenvalue weighted by Crippen LogP contribution is 2.29. The van der Waals surface area contributed by atoms with Gasteiger partial charge in [0.15, 0.2) is 0 Å². The summed E-state index contributed by atoms with van der Waals surface area (Å²) in [7, 11) is 0. The molecule has 0 unspecified atom stereocenters. The van der Waals surface area contributed by atoms with Crippen LogP contribution >= 0.6 is 23.2 Å². The van der Waals surface area contributed by atoms with Gasteiger partial charge in [0.2, 0.25) is 0 Å². The summed E-state index contributed by atoms with van der Waals surface area (Å²) in [5.74, 6) is -0.932. The third-order valence-electron chi connectivity index (χ3n) is 4.15. The predicted octanol–water partition coefficient (Wildman–Crippen LogP) is 2.90. The molecule has 1 aromatic heterocycles. The van der Waals surface area contributed by atoms with E-state index in [0.29, 0.717) is 29.4 Å². The topological polar surface area (TPSA) is 75.4 Å². The summed E-state index contributed by atoms with van der Waals surface area (Å²) < 4.78 is 1.16. The number of aliphatic carboxylic acids is 1. The smallest absolute Gasteiger partial charge is 0.326 e. The van der Waals surface area contributed by atoms with Crippen LogP contribution in [0.2, 0.25) is 10.0 Å². The first-order chi connectivity index (χ1) is 11.4. The number of rotatable bonds is 3. The summed E-state index contributed by atoms with van der Waals surface area (Å²) >= 11 is 12.3. The normalized spacial score (nSPS) is 17.3. The molecule has 0 bridgehead atoms. The molecule has 3 rings (SSSR count). The third-order valence-corrected chi connectivity index (χ3v) is 4.91. The van der Waals surface area contributed by atoms with E-state index in [2.05, 4.69) is 5.10 Å². The first-order valence-electron chi connectivity index (χ1n) is 7.44. The summed E-state index contributed by atoms with van der Waals surface area (Å²) in [5.41, 5.74) is 1.23. The number of aromatic nitrogens is 2. The lowest BCUT2D eigenvalue weighted by atomic mass is 10.2. The fraction of sp³-hybridized carbons (Fsp3) is 0.312. The number of aryl methyl sites for hydroxylation is 1. The Bertz CT molecular complexity index is 866. The van der Waals surface area contributed by atoms with E-state index in [1.807, 2.05) is 6.92 Å². The van der Waals surface area contributed by atoms with E-state index in [9.17, 15) is 14.7 Å². The fourth-order valence-corrected chi connectivity index (χ4v) is 3.25. The molecular weight excluding hydrogens is 353 g/mol. The lowest BCUT2D eigenvalue weighted by molar-refractivity contribution is -0.138. The van der Waals surface area contributed by atoms with Crippen molar-refractivity contribution in [2.75, 3.05) is 11.4 Å². The van der Waals surface area contributed by atoms with Gasteiger partial charge in [0.25, 0.3) is 5.56 Å². The van der Waals surface area contributed by atoms with E-state index in [0.717, 1.165) is 16.7 Å². The van der Waals surface area contributed by atoms with Gasteiger partial charge in [0, 0.05) is 11.6 Å². The van der Waals surface area contributed by atoms with Crippen LogP contribution in [0, 0.1) is 6.92 Å². The second kappa shape index (κ2) is 6.45. The highest BCUT2D eigenvalue weighted by Gasteiger charge is 2.32. The molecule has 24 heavy (non-hydrogen) atoms. The van der Waals surface area contributed by atoms with Crippen LogP contribution < -0.4 is 10.5 Å². The molecule has 0 aliphatic carbocycles. The Morgan fingerprint density at radius 1 is 1.38 bits per heavy atom. The molecule has 1 aliphatic heterocycles. The Morgan fingerprint density at radius 2 is 2.12 bits per heavy atom. The largest absolute Gasteiger partial charge is 0.480 e. The van der Waals surface area contributed by atoms with Crippen LogP contribution in [-0.2, 0) is 4.79 Å². The summed E-state index contributed by atoms with van der Waals surface area (Å²) in [6.45, 7) is 2.38. The number of carbonyl (C=O) groups is 1. The molecule has 0 saturated carbocycles. The molecule has 2 aromatic rings. The van der Waals surface area contributed by atoms with E-state index in [1.165, 1.54) is 6.20 Å². The van der Waals surface area contributed by atoms with Crippen LogP contribution in [0.25, 0.3) is 5.69 Å². The number of carboxylic acid groups (broad SMARTS) is 1. The zero-order chi connectivity index (χ0) is 17.4. The van der Waals surface area contributed by atoms with Crippen LogP contribution in [-0.4, -0.2) is 33.4 Å². The van der Waals surface area contributed by atoms with Crippen molar-refractivity contribution in [2.24, 2.45) is 0 Å². The van der Waals surface area contributed by atoms with Crippen LogP contribution in [0.1, 0.15) is 18.4 Å².